The summed E-state index contributed by atoms with van der Waals surface area (Å²) < 4.78 is 6.95. The van der Waals surface area contributed by atoms with Gasteiger partial charge in [-0.2, -0.15) is 0 Å². The molecule has 0 saturated heterocycles. The van der Waals surface area contributed by atoms with Gasteiger partial charge in [-0.25, -0.2) is 4.98 Å². The van der Waals surface area contributed by atoms with Crippen LogP contribution in [0.3, 0.4) is 0 Å². The molecule has 0 unspecified atom stereocenters. The van der Waals surface area contributed by atoms with Crippen LogP contribution in [0.4, 0.5) is 0 Å². The highest BCUT2D eigenvalue weighted by molar-refractivity contribution is 9.11. The van der Waals surface area contributed by atoms with Gasteiger partial charge in [-0.05, 0) is 44.0 Å². The molecular formula is C7H3Br2NOS. The Hall–Kier alpha value is -0.130. The number of hydrogen-bond acceptors (Lipinski definition) is 3. The molecule has 0 fully saturated rings. The van der Waals surface area contributed by atoms with E-state index in [1.54, 1.807) is 17.5 Å². The summed E-state index contributed by atoms with van der Waals surface area (Å²) in [6, 6.07) is 3.77. The van der Waals surface area contributed by atoms with Crippen LogP contribution >= 0.6 is 43.2 Å². The minimum Gasteiger partial charge on any atom is -0.448 e. The fourth-order valence-corrected chi connectivity index (χ4v) is 2.35. The predicted molar refractivity (Wildman–Crippen MR) is 55.2 cm³/mol. The summed E-state index contributed by atoms with van der Waals surface area (Å²) in [5.41, 5.74) is 0. The zero-order valence-corrected chi connectivity index (χ0v) is 9.74. The van der Waals surface area contributed by atoms with Gasteiger partial charge in [0.2, 0.25) is 0 Å². The third kappa shape index (κ3) is 1.62. The minimum atomic E-state index is 0.738. The Labute approximate surface area is 89.9 Å². The highest BCUT2D eigenvalue weighted by Gasteiger charge is 2.05. The lowest BCUT2D eigenvalue weighted by atomic mass is 10.4. The molecule has 62 valence electrons. The molecule has 0 radical (unpaired) electrons. The topological polar surface area (TPSA) is 26.0 Å². The monoisotopic (exact) mass is 307 g/mol. The molecule has 0 saturated carbocycles. The fourth-order valence-electron chi connectivity index (χ4n) is 0.813. The van der Waals surface area contributed by atoms with Gasteiger partial charge < -0.3 is 4.42 Å². The molecule has 2 rings (SSSR count). The highest BCUT2D eigenvalue weighted by Crippen LogP contribution is 2.31. The Morgan fingerprint density at radius 3 is 2.67 bits per heavy atom. The molecule has 12 heavy (non-hydrogen) atoms. The SMILES string of the molecule is Brc1ccc(-c2cnc(Br)s2)o1. The largest absolute Gasteiger partial charge is 0.448 e. The van der Waals surface area contributed by atoms with Crippen molar-refractivity contribution in [3.8, 4) is 10.6 Å². The van der Waals surface area contributed by atoms with Crippen LogP contribution in [-0.4, -0.2) is 4.98 Å². The van der Waals surface area contributed by atoms with Gasteiger partial charge in [0.1, 0.15) is 5.76 Å². The van der Waals surface area contributed by atoms with Gasteiger partial charge in [0.25, 0.3) is 0 Å². The number of hydrogen-bond donors (Lipinski definition) is 0. The molecule has 2 heterocycles. The average molecular weight is 309 g/mol. The molecule has 0 atom stereocenters. The molecule has 0 aliphatic carbocycles. The molecule has 2 aromatic heterocycles. The fraction of sp³-hybridized carbons (Fsp3) is 0. The first-order chi connectivity index (χ1) is 5.75. The van der Waals surface area contributed by atoms with E-state index in [9.17, 15) is 0 Å². The highest BCUT2D eigenvalue weighted by atomic mass is 79.9. The predicted octanol–water partition coefficient (Wildman–Crippen LogP) is 3.93. The van der Waals surface area contributed by atoms with Gasteiger partial charge in [-0.15, -0.1) is 11.3 Å². The third-order valence-electron chi connectivity index (χ3n) is 1.29. The first-order valence-corrected chi connectivity index (χ1v) is 5.53. The zero-order valence-electron chi connectivity index (χ0n) is 5.75. The van der Waals surface area contributed by atoms with Crippen LogP contribution in [-0.2, 0) is 0 Å². The molecule has 0 N–H and O–H groups in total. The number of halogens is 2. The maximum Gasteiger partial charge on any atom is 0.169 e. The summed E-state index contributed by atoms with van der Waals surface area (Å²) in [4.78, 5) is 5.08. The van der Waals surface area contributed by atoms with Crippen molar-refractivity contribution in [2.24, 2.45) is 0 Å². The Bertz CT molecular complexity index is 357. The standard InChI is InChI=1S/C7H3Br2NOS/c8-6-2-1-4(11-6)5-3-10-7(9)12-5/h1-3H. The first-order valence-electron chi connectivity index (χ1n) is 3.13. The second-order valence-corrected chi connectivity index (χ2v) is 5.17. The first kappa shape index (κ1) is 8.47. The van der Waals surface area contributed by atoms with Crippen LogP contribution in [0.1, 0.15) is 0 Å². The van der Waals surface area contributed by atoms with Crippen LogP contribution in [0.5, 0.6) is 0 Å². The minimum absolute atomic E-state index is 0.738. The van der Waals surface area contributed by atoms with Crippen molar-refractivity contribution in [1.29, 1.82) is 0 Å². The second-order valence-electron chi connectivity index (χ2n) is 2.08. The van der Waals surface area contributed by atoms with Crippen molar-refractivity contribution in [2.45, 2.75) is 0 Å². The number of aromatic nitrogens is 1. The van der Waals surface area contributed by atoms with Crippen molar-refractivity contribution >= 4 is 43.2 Å². The van der Waals surface area contributed by atoms with Crippen LogP contribution in [0, 0.1) is 0 Å². The average Bonchev–Trinajstić information content (AvgIpc) is 2.58. The molecule has 0 bridgehead atoms. The van der Waals surface area contributed by atoms with Crippen molar-refractivity contribution in [3.63, 3.8) is 0 Å². The van der Waals surface area contributed by atoms with Gasteiger partial charge in [0, 0.05) is 0 Å². The van der Waals surface area contributed by atoms with Gasteiger partial charge in [0.15, 0.2) is 8.59 Å². The Balaban J connectivity index is 2.43. The number of thiazole rings is 1. The number of rotatable bonds is 1. The number of nitrogens with zero attached hydrogens (tertiary/aromatic N) is 1. The van der Waals surface area contributed by atoms with E-state index in [0.717, 1.165) is 19.2 Å². The maximum atomic E-state index is 5.35. The molecule has 0 aliphatic heterocycles. The Kier molecular flexibility index (Phi) is 2.34. The molecule has 0 aromatic carbocycles. The van der Waals surface area contributed by atoms with Gasteiger partial charge >= 0.3 is 0 Å². The third-order valence-corrected chi connectivity index (χ3v) is 3.21. The molecule has 2 aromatic rings. The van der Waals surface area contributed by atoms with E-state index in [4.69, 9.17) is 4.42 Å². The van der Waals surface area contributed by atoms with Crippen molar-refractivity contribution in [3.05, 3.63) is 26.9 Å². The Morgan fingerprint density at radius 2 is 2.17 bits per heavy atom. The maximum absolute atomic E-state index is 5.35. The molecular weight excluding hydrogens is 306 g/mol. The summed E-state index contributed by atoms with van der Waals surface area (Å²) in [5.74, 6) is 0.838. The van der Waals surface area contributed by atoms with Crippen LogP contribution in [0.15, 0.2) is 31.3 Å². The number of furan rings is 1. The van der Waals surface area contributed by atoms with Crippen LogP contribution in [0.25, 0.3) is 10.6 Å². The van der Waals surface area contributed by atoms with E-state index < -0.39 is 0 Å². The van der Waals surface area contributed by atoms with E-state index in [1.165, 1.54) is 0 Å². The Morgan fingerprint density at radius 1 is 1.33 bits per heavy atom. The zero-order chi connectivity index (χ0) is 8.55. The molecule has 0 amide bonds. The summed E-state index contributed by atoms with van der Waals surface area (Å²) in [6.45, 7) is 0. The van der Waals surface area contributed by atoms with E-state index >= 15 is 0 Å². The summed E-state index contributed by atoms with van der Waals surface area (Å²) in [5, 5.41) is 0. The summed E-state index contributed by atoms with van der Waals surface area (Å²) >= 11 is 8.08. The lowest BCUT2D eigenvalue weighted by Crippen LogP contribution is -1.60. The smallest absolute Gasteiger partial charge is 0.169 e. The second kappa shape index (κ2) is 3.32. The van der Waals surface area contributed by atoms with Crippen molar-refractivity contribution in [1.82, 2.24) is 4.98 Å². The normalized spacial score (nSPS) is 10.5. The molecule has 0 aliphatic rings. The van der Waals surface area contributed by atoms with Gasteiger partial charge in [0.05, 0.1) is 11.1 Å². The van der Waals surface area contributed by atoms with E-state index in [2.05, 4.69) is 36.8 Å². The van der Waals surface area contributed by atoms with Gasteiger partial charge in [-0.1, -0.05) is 0 Å². The lowest BCUT2D eigenvalue weighted by Gasteiger charge is -1.85. The van der Waals surface area contributed by atoms with E-state index in [0.29, 0.717) is 0 Å². The van der Waals surface area contributed by atoms with E-state index in [1.807, 2.05) is 12.1 Å². The van der Waals surface area contributed by atoms with Gasteiger partial charge in [-0.3, -0.25) is 0 Å². The summed E-state index contributed by atoms with van der Waals surface area (Å²) in [6.07, 6.45) is 1.78. The van der Waals surface area contributed by atoms with E-state index in [-0.39, 0.29) is 0 Å². The van der Waals surface area contributed by atoms with Crippen LogP contribution in [0.2, 0.25) is 0 Å². The molecule has 2 nitrogen and oxygen atoms in total. The van der Waals surface area contributed by atoms with Crippen molar-refractivity contribution in [2.75, 3.05) is 0 Å². The summed E-state index contributed by atoms with van der Waals surface area (Å²) in [7, 11) is 0. The van der Waals surface area contributed by atoms with Crippen molar-refractivity contribution < 1.29 is 4.42 Å². The molecule has 5 heteroatoms. The molecule has 0 spiro atoms. The van der Waals surface area contributed by atoms with Crippen LogP contribution < -0.4 is 0 Å². The lowest BCUT2D eigenvalue weighted by molar-refractivity contribution is 0.557. The quantitative estimate of drug-likeness (QED) is 0.798.